The van der Waals surface area contributed by atoms with Crippen molar-refractivity contribution in [3.05, 3.63) is 58.4 Å². The van der Waals surface area contributed by atoms with Crippen molar-refractivity contribution in [3.8, 4) is 0 Å². The van der Waals surface area contributed by atoms with Gasteiger partial charge in [-0.1, -0.05) is 41.6 Å². The van der Waals surface area contributed by atoms with E-state index in [4.69, 9.17) is 22.3 Å². The molecule has 5 heterocycles. The van der Waals surface area contributed by atoms with Crippen molar-refractivity contribution in [3.63, 3.8) is 0 Å². The molecule has 1 spiro atoms. The maximum atomic E-state index is 13.2. The van der Waals surface area contributed by atoms with Gasteiger partial charge in [-0.2, -0.15) is 0 Å². The summed E-state index contributed by atoms with van der Waals surface area (Å²) in [4.78, 5) is 19.2. The van der Waals surface area contributed by atoms with E-state index in [9.17, 15) is 4.55 Å². The predicted octanol–water partition coefficient (Wildman–Crippen LogP) is 4.85. The minimum atomic E-state index is -1.13. The Bertz CT molecular complexity index is 1440. The van der Waals surface area contributed by atoms with Crippen LogP contribution in [-0.4, -0.2) is 45.7 Å². The van der Waals surface area contributed by atoms with E-state index in [1.54, 1.807) is 6.20 Å². The average Bonchev–Trinajstić information content (AvgIpc) is 3.18. The second-order valence-corrected chi connectivity index (χ2v) is 14.7. The quantitative estimate of drug-likeness (QED) is 0.418. The third-order valence-electron chi connectivity index (χ3n) is 9.01. The Morgan fingerprint density at radius 2 is 1.92 bits per heavy atom. The molecule has 2 saturated heterocycles. The second kappa shape index (κ2) is 9.41. The van der Waals surface area contributed by atoms with Gasteiger partial charge in [-0.05, 0) is 56.7 Å². The maximum absolute atomic E-state index is 13.2. The topological polar surface area (TPSA) is 106 Å². The van der Waals surface area contributed by atoms with E-state index in [1.807, 2.05) is 12.3 Å². The number of benzene rings is 1. The first-order chi connectivity index (χ1) is 18.8. The standard InChI is InChI=1S/C28H32ClN7OS2/c1-27(2)18-6-3-5-17-15-28(23(21(17)18)34-39(27)37)8-13-35(14-9-28)20-16-32-26(24(30)33-20)38-19-7-10-31-25(22(19)29)36-11-4-12-36/h3,5-7,10,16,23,34H,4,8-9,11-15H2,1-2H3,(H2,30,33)/t23-,39-/m1/s1. The number of halogens is 1. The number of fused-ring (bicyclic) bond motifs is 1. The second-order valence-electron chi connectivity index (χ2n) is 11.5. The van der Waals surface area contributed by atoms with Gasteiger partial charge in [0.05, 0.1) is 17.3 Å². The van der Waals surface area contributed by atoms with Gasteiger partial charge in [0.1, 0.15) is 16.7 Å². The Balaban J connectivity index is 1.07. The molecule has 11 heteroatoms. The number of hydrogen-bond donors (Lipinski definition) is 2. The van der Waals surface area contributed by atoms with E-state index in [0.717, 1.165) is 68.4 Å². The summed E-state index contributed by atoms with van der Waals surface area (Å²) in [6.07, 6.45) is 7.76. The van der Waals surface area contributed by atoms with E-state index in [2.05, 4.69) is 56.5 Å². The number of nitrogens with zero attached hydrogens (tertiary/aromatic N) is 5. The Morgan fingerprint density at radius 3 is 2.64 bits per heavy atom. The molecule has 8 nitrogen and oxygen atoms in total. The molecule has 0 bridgehead atoms. The van der Waals surface area contributed by atoms with Gasteiger partial charge >= 0.3 is 0 Å². The van der Waals surface area contributed by atoms with Crippen LogP contribution in [0.1, 0.15) is 55.8 Å². The number of nitrogens with two attached hydrogens (primary N) is 1. The van der Waals surface area contributed by atoms with Crippen molar-refractivity contribution < 1.29 is 4.55 Å². The largest absolute Gasteiger partial charge is 0.597 e. The molecule has 2 atom stereocenters. The normalized spacial score (nSPS) is 24.5. The molecule has 0 amide bonds. The van der Waals surface area contributed by atoms with Crippen LogP contribution >= 0.6 is 23.4 Å². The fraction of sp³-hybridized carbons (Fsp3) is 0.464. The van der Waals surface area contributed by atoms with E-state index < -0.39 is 16.1 Å². The van der Waals surface area contributed by atoms with Crippen LogP contribution in [0.25, 0.3) is 0 Å². The van der Waals surface area contributed by atoms with E-state index >= 15 is 0 Å². The van der Waals surface area contributed by atoms with Crippen LogP contribution in [0.4, 0.5) is 17.5 Å². The molecule has 4 aliphatic rings. The van der Waals surface area contributed by atoms with Gasteiger partial charge in [-0.3, -0.25) is 0 Å². The third kappa shape index (κ3) is 4.10. The Labute approximate surface area is 241 Å². The van der Waals surface area contributed by atoms with Gasteiger partial charge < -0.3 is 20.1 Å². The van der Waals surface area contributed by atoms with E-state index in [-0.39, 0.29) is 11.5 Å². The van der Waals surface area contributed by atoms with Crippen LogP contribution < -0.4 is 20.3 Å². The van der Waals surface area contributed by atoms with E-state index in [0.29, 0.717) is 15.9 Å². The Hall–Kier alpha value is -2.24. The summed E-state index contributed by atoms with van der Waals surface area (Å²) in [5.74, 6) is 2.02. The summed E-state index contributed by atoms with van der Waals surface area (Å²) in [7, 11) is 0. The van der Waals surface area contributed by atoms with Crippen molar-refractivity contribution in [2.24, 2.45) is 5.41 Å². The van der Waals surface area contributed by atoms with Gasteiger partial charge in [0, 0.05) is 59.6 Å². The molecular formula is C28H32ClN7OS2. The first-order valence-electron chi connectivity index (χ1n) is 13.5. The lowest BCUT2D eigenvalue weighted by atomic mass is 9.72. The molecule has 1 aromatic carbocycles. The lowest BCUT2D eigenvalue weighted by molar-refractivity contribution is 0.173. The van der Waals surface area contributed by atoms with Gasteiger partial charge in [0.2, 0.25) is 0 Å². The predicted molar refractivity (Wildman–Crippen MR) is 158 cm³/mol. The first-order valence-corrected chi connectivity index (χ1v) is 15.9. The van der Waals surface area contributed by atoms with Gasteiger partial charge in [0.25, 0.3) is 0 Å². The summed E-state index contributed by atoms with van der Waals surface area (Å²) in [6.45, 7) is 7.83. The molecule has 0 saturated carbocycles. The molecule has 0 radical (unpaired) electrons. The highest BCUT2D eigenvalue weighted by molar-refractivity contribution is 7.99. The molecule has 7 rings (SSSR count). The van der Waals surface area contributed by atoms with Crippen molar-refractivity contribution in [1.82, 2.24) is 19.7 Å². The summed E-state index contributed by atoms with van der Waals surface area (Å²) in [5, 5.41) is 1.28. The fourth-order valence-electron chi connectivity index (χ4n) is 6.57. The fourth-order valence-corrected chi connectivity index (χ4v) is 8.94. The van der Waals surface area contributed by atoms with Crippen LogP contribution in [0.2, 0.25) is 5.02 Å². The van der Waals surface area contributed by atoms with Crippen molar-refractivity contribution >= 4 is 52.2 Å². The SMILES string of the molecule is CC1(C)c2cccc3c2[C@@H](N[S@+]1[O-])C1(CCN(c2cnc(Sc4ccnc(N5CCC5)c4Cl)c(N)n2)CC1)C3. The monoisotopic (exact) mass is 581 g/mol. The highest BCUT2D eigenvalue weighted by Gasteiger charge is 2.56. The van der Waals surface area contributed by atoms with Crippen molar-refractivity contribution in [2.75, 3.05) is 41.7 Å². The van der Waals surface area contributed by atoms with Crippen molar-refractivity contribution in [2.45, 2.75) is 60.2 Å². The summed E-state index contributed by atoms with van der Waals surface area (Å²) in [5.41, 5.74) is 10.5. The maximum Gasteiger partial charge on any atom is 0.164 e. The minimum absolute atomic E-state index is 0.0577. The molecule has 3 aliphatic heterocycles. The van der Waals surface area contributed by atoms with Crippen molar-refractivity contribution in [1.29, 1.82) is 0 Å². The number of piperidine rings is 1. The van der Waals surface area contributed by atoms with Crippen LogP contribution in [0, 0.1) is 5.41 Å². The van der Waals surface area contributed by atoms with Gasteiger partial charge in [0.15, 0.2) is 10.6 Å². The smallest absolute Gasteiger partial charge is 0.164 e. The highest BCUT2D eigenvalue weighted by Crippen LogP contribution is 2.57. The zero-order valence-electron chi connectivity index (χ0n) is 22.1. The Kier molecular flexibility index (Phi) is 6.20. The highest BCUT2D eigenvalue weighted by atomic mass is 35.5. The number of nitrogens with one attached hydrogen (secondary N) is 1. The lowest BCUT2D eigenvalue weighted by Crippen LogP contribution is -2.52. The molecule has 1 aliphatic carbocycles. The number of pyridine rings is 1. The molecule has 39 heavy (non-hydrogen) atoms. The number of aromatic nitrogens is 3. The molecule has 3 aromatic rings. The first kappa shape index (κ1) is 25.7. The zero-order valence-corrected chi connectivity index (χ0v) is 24.5. The number of nitrogen functional groups attached to an aromatic ring is 1. The van der Waals surface area contributed by atoms with Crippen LogP contribution in [0.15, 0.2) is 46.6 Å². The number of anilines is 3. The van der Waals surface area contributed by atoms with Gasteiger partial charge in [-0.25, -0.2) is 15.0 Å². The number of rotatable bonds is 4. The molecule has 2 aromatic heterocycles. The zero-order chi connectivity index (χ0) is 26.9. The lowest BCUT2D eigenvalue weighted by Gasteiger charge is -2.46. The summed E-state index contributed by atoms with van der Waals surface area (Å²) in [6, 6.07) is 8.58. The third-order valence-corrected chi connectivity index (χ3v) is 12.2. The van der Waals surface area contributed by atoms with Crippen LogP contribution in [-0.2, 0) is 22.5 Å². The summed E-state index contributed by atoms with van der Waals surface area (Å²) < 4.78 is 16.4. The minimum Gasteiger partial charge on any atom is -0.597 e. The van der Waals surface area contributed by atoms with E-state index in [1.165, 1.54) is 28.5 Å². The average molecular weight is 582 g/mol. The molecule has 3 N–H and O–H groups in total. The molecule has 204 valence electrons. The van der Waals surface area contributed by atoms with Crippen LogP contribution in [0.5, 0.6) is 0 Å². The Morgan fingerprint density at radius 1 is 1.13 bits per heavy atom. The van der Waals surface area contributed by atoms with Gasteiger partial charge in [-0.15, -0.1) is 4.72 Å². The molecule has 2 fully saturated rings. The molecule has 0 unspecified atom stereocenters. The summed E-state index contributed by atoms with van der Waals surface area (Å²) >= 11 is 6.98. The van der Waals surface area contributed by atoms with Crippen LogP contribution in [0.3, 0.4) is 0 Å². The molecular weight excluding hydrogens is 550 g/mol. The number of hydrogen-bond acceptors (Lipinski definition) is 9.